The van der Waals surface area contributed by atoms with Gasteiger partial charge in [0.2, 0.25) is 5.88 Å². The van der Waals surface area contributed by atoms with Crippen LogP contribution in [0.25, 0.3) is 0 Å². The molecular formula is C16H17F3N2O2. The first-order chi connectivity index (χ1) is 10.9. The molecule has 1 aromatic heterocycles. The highest BCUT2D eigenvalue weighted by Gasteiger charge is 2.30. The van der Waals surface area contributed by atoms with Crippen LogP contribution in [0.3, 0.4) is 0 Å². The van der Waals surface area contributed by atoms with E-state index in [9.17, 15) is 13.2 Å². The molecule has 0 saturated heterocycles. The van der Waals surface area contributed by atoms with E-state index in [2.05, 4.69) is 10.3 Å². The van der Waals surface area contributed by atoms with Crippen molar-refractivity contribution in [3.8, 4) is 11.6 Å². The van der Waals surface area contributed by atoms with Gasteiger partial charge in [-0.1, -0.05) is 12.1 Å². The van der Waals surface area contributed by atoms with Crippen LogP contribution < -0.4 is 10.1 Å². The Bertz CT molecular complexity index is 647. The molecule has 23 heavy (non-hydrogen) atoms. The van der Waals surface area contributed by atoms with E-state index in [-0.39, 0.29) is 24.3 Å². The summed E-state index contributed by atoms with van der Waals surface area (Å²) in [7, 11) is 0. The van der Waals surface area contributed by atoms with Gasteiger partial charge in [0, 0.05) is 24.3 Å². The standard InChI is InChI=1S/C16H17F3N2O2/c1-11(10-22)21-9-12-4-3-7-20-15(12)23-14-6-2-5-13(8-14)16(17,18)19/h2-8,11,21-22H,9-10H2,1H3/t11-/m0/s1. The summed E-state index contributed by atoms with van der Waals surface area (Å²) in [6.45, 7) is 2.16. The minimum absolute atomic E-state index is 0.0237. The first-order valence-electron chi connectivity index (χ1n) is 7.03. The second-order valence-electron chi connectivity index (χ2n) is 5.06. The number of nitrogens with one attached hydrogen (secondary N) is 1. The lowest BCUT2D eigenvalue weighted by Crippen LogP contribution is -2.28. The molecule has 2 rings (SSSR count). The van der Waals surface area contributed by atoms with Gasteiger partial charge >= 0.3 is 6.18 Å². The summed E-state index contributed by atoms with van der Waals surface area (Å²) in [5.41, 5.74) is -0.0929. The van der Waals surface area contributed by atoms with E-state index < -0.39 is 11.7 Å². The number of halogens is 3. The zero-order chi connectivity index (χ0) is 16.9. The quantitative estimate of drug-likeness (QED) is 0.855. The predicted octanol–water partition coefficient (Wildman–Crippen LogP) is 3.36. The molecule has 0 aliphatic carbocycles. The van der Waals surface area contributed by atoms with Crippen molar-refractivity contribution in [1.29, 1.82) is 0 Å². The molecule has 4 nitrogen and oxygen atoms in total. The number of aromatic nitrogens is 1. The van der Waals surface area contributed by atoms with Crippen molar-refractivity contribution >= 4 is 0 Å². The summed E-state index contributed by atoms with van der Waals surface area (Å²) in [6.07, 6.45) is -2.92. The number of aliphatic hydroxyl groups excluding tert-OH is 1. The van der Waals surface area contributed by atoms with E-state index in [0.29, 0.717) is 12.1 Å². The predicted molar refractivity (Wildman–Crippen MR) is 79.1 cm³/mol. The summed E-state index contributed by atoms with van der Waals surface area (Å²) in [5.74, 6) is 0.291. The number of benzene rings is 1. The van der Waals surface area contributed by atoms with Gasteiger partial charge < -0.3 is 15.2 Å². The van der Waals surface area contributed by atoms with Gasteiger partial charge in [0.05, 0.1) is 12.2 Å². The van der Waals surface area contributed by atoms with Crippen molar-refractivity contribution in [2.45, 2.75) is 25.7 Å². The van der Waals surface area contributed by atoms with Crippen molar-refractivity contribution in [2.75, 3.05) is 6.61 Å². The van der Waals surface area contributed by atoms with Crippen LogP contribution in [0.1, 0.15) is 18.1 Å². The first kappa shape index (κ1) is 17.2. The van der Waals surface area contributed by atoms with E-state index in [4.69, 9.17) is 9.84 Å². The minimum Gasteiger partial charge on any atom is -0.439 e. The maximum atomic E-state index is 12.7. The van der Waals surface area contributed by atoms with E-state index in [1.807, 2.05) is 6.92 Å². The molecule has 0 spiro atoms. The molecule has 0 aliphatic rings. The summed E-state index contributed by atoms with van der Waals surface area (Å²) in [6, 6.07) is 7.99. The average molecular weight is 326 g/mol. The third-order valence-electron chi connectivity index (χ3n) is 3.14. The smallest absolute Gasteiger partial charge is 0.416 e. The maximum Gasteiger partial charge on any atom is 0.416 e. The normalized spacial score (nSPS) is 12.9. The highest BCUT2D eigenvalue weighted by atomic mass is 19.4. The van der Waals surface area contributed by atoms with E-state index in [1.165, 1.54) is 18.3 Å². The largest absolute Gasteiger partial charge is 0.439 e. The second-order valence-corrected chi connectivity index (χ2v) is 5.06. The fourth-order valence-corrected chi connectivity index (χ4v) is 1.85. The van der Waals surface area contributed by atoms with Gasteiger partial charge in [-0.05, 0) is 31.2 Å². The average Bonchev–Trinajstić information content (AvgIpc) is 2.53. The fraction of sp³-hybridized carbons (Fsp3) is 0.312. The maximum absolute atomic E-state index is 12.7. The Labute approximate surface area is 131 Å². The Morgan fingerprint density at radius 2 is 2.04 bits per heavy atom. The fourth-order valence-electron chi connectivity index (χ4n) is 1.85. The molecule has 124 valence electrons. The monoisotopic (exact) mass is 326 g/mol. The zero-order valence-corrected chi connectivity index (χ0v) is 12.5. The molecule has 2 N–H and O–H groups in total. The molecule has 0 unspecified atom stereocenters. The number of pyridine rings is 1. The van der Waals surface area contributed by atoms with Gasteiger partial charge in [-0.15, -0.1) is 0 Å². The molecule has 0 fully saturated rings. The van der Waals surface area contributed by atoms with Crippen molar-refractivity contribution in [1.82, 2.24) is 10.3 Å². The Morgan fingerprint density at radius 3 is 2.74 bits per heavy atom. The Kier molecular flexibility index (Phi) is 5.57. The number of rotatable bonds is 6. The van der Waals surface area contributed by atoms with Gasteiger partial charge in [-0.3, -0.25) is 0 Å². The molecule has 1 heterocycles. The number of alkyl halides is 3. The van der Waals surface area contributed by atoms with E-state index in [0.717, 1.165) is 12.1 Å². The second kappa shape index (κ2) is 7.43. The topological polar surface area (TPSA) is 54.4 Å². The third-order valence-corrected chi connectivity index (χ3v) is 3.14. The number of aliphatic hydroxyl groups is 1. The van der Waals surface area contributed by atoms with Crippen molar-refractivity contribution < 1.29 is 23.0 Å². The molecule has 7 heteroatoms. The van der Waals surface area contributed by atoms with Gasteiger partial charge in [-0.25, -0.2) is 4.98 Å². The SMILES string of the molecule is C[C@@H](CO)NCc1cccnc1Oc1cccc(C(F)(F)F)c1. The van der Waals surface area contributed by atoms with Crippen LogP contribution in [-0.2, 0) is 12.7 Å². The third kappa shape index (κ3) is 4.94. The van der Waals surface area contributed by atoms with Gasteiger partial charge in [0.1, 0.15) is 5.75 Å². The lowest BCUT2D eigenvalue weighted by molar-refractivity contribution is -0.137. The molecule has 1 atom stereocenters. The highest BCUT2D eigenvalue weighted by Crippen LogP contribution is 2.32. The summed E-state index contributed by atoms with van der Waals surface area (Å²) < 4.78 is 43.7. The van der Waals surface area contributed by atoms with Crippen LogP contribution >= 0.6 is 0 Å². The highest BCUT2D eigenvalue weighted by molar-refractivity contribution is 5.35. The van der Waals surface area contributed by atoms with Crippen molar-refractivity contribution in [2.24, 2.45) is 0 Å². The van der Waals surface area contributed by atoms with Crippen molar-refractivity contribution in [3.05, 3.63) is 53.7 Å². The summed E-state index contributed by atoms with van der Waals surface area (Å²) in [5, 5.41) is 12.1. The van der Waals surface area contributed by atoms with Crippen LogP contribution in [0.15, 0.2) is 42.6 Å². The van der Waals surface area contributed by atoms with Crippen LogP contribution in [0, 0.1) is 0 Å². The van der Waals surface area contributed by atoms with Crippen LogP contribution in [0.5, 0.6) is 11.6 Å². The van der Waals surface area contributed by atoms with Crippen LogP contribution in [0.4, 0.5) is 13.2 Å². The number of hydrogen-bond donors (Lipinski definition) is 2. The number of ether oxygens (including phenoxy) is 1. The molecule has 0 aliphatic heterocycles. The van der Waals surface area contributed by atoms with Crippen LogP contribution in [0.2, 0.25) is 0 Å². The Hall–Kier alpha value is -2.12. The van der Waals surface area contributed by atoms with Gasteiger partial charge in [0.15, 0.2) is 0 Å². The van der Waals surface area contributed by atoms with E-state index in [1.54, 1.807) is 12.1 Å². The summed E-state index contributed by atoms with van der Waals surface area (Å²) >= 11 is 0. The first-order valence-corrected chi connectivity index (χ1v) is 7.03. The van der Waals surface area contributed by atoms with Gasteiger partial charge in [0.25, 0.3) is 0 Å². The molecule has 0 bridgehead atoms. The lowest BCUT2D eigenvalue weighted by Gasteiger charge is -2.14. The Balaban J connectivity index is 2.17. The number of hydrogen-bond acceptors (Lipinski definition) is 4. The molecular weight excluding hydrogens is 309 g/mol. The minimum atomic E-state index is -4.43. The van der Waals surface area contributed by atoms with E-state index >= 15 is 0 Å². The lowest BCUT2D eigenvalue weighted by atomic mass is 10.2. The Morgan fingerprint density at radius 1 is 1.26 bits per heavy atom. The molecule has 1 aromatic carbocycles. The molecule has 0 amide bonds. The van der Waals surface area contributed by atoms with Crippen molar-refractivity contribution in [3.63, 3.8) is 0 Å². The molecule has 0 saturated carbocycles. The zero-order valence-electron chi connectivity index (χ0n) is 12.5. The number of nitrogens with zero attached hydrogens (tertiary/aromatic N) is 1. The summed E-state index contributed by atoms with van der Waals surface area (Å²) in [4.78, 5) is 4.06. The molecule has 0 radical (unpaired) electrons. The van der Waals surface area contributed by atoms with Crippen LogP contribution in [-0.4, -0.2) is 22.7 Å². The molecule has 2 aromatic rings. The van der Waals surface area contributed by atoms with Gasteiger partial charge in [-0.2, -0.15) is 13.2 Å².